The number of nitrogens with one attached hydrogen (secondary N) is 2. The van der Waals surface area contributed by atoms with Gasteiger partial charge in [0.1, 0.15) is 6.04 Å². The Labute approximate surface area is 199 Å². The van der Waals surface area contributed by atoms with Gasteiger partial charge in [0.05, 0.1) is 11.1 Å². The highest BCUT2D eigenvalue weighted by atomic mass is 16.2. The Morgan fingerprint density at radius 1 is 0.882 bits per heavy atom. The average Bonchev–Trinajstić information content (AvgIpc) is 3.10. The number of hydrogen-bond acceptors (Lipinski definition) is 7. The predicted octanol–water partition coefficient (Wildman–Crippen LogP) is 0.990. The monoisotopic (exact) mass is 467 g/mol. The number of anilines is 1. The Bertz CT molecular complexity index is 982. The van der Waals surface area contributed by atoms with E-state index in [1.807, 2.05) is 6.07 Å². The molecule has 1 unspecified atom stereocenters. The number of piperazine rings is 1. The Hall–Kier alpha value is -2.78. The molecule has 4 aliphatic heterocycles. The number of fused-ring (bicyclic) bond motifs is 1. The summed E-state index contributed by atoms with van der Waals surface area (Å²) >= 11 is 0. The molecule has 4 amide bonds. The number of hydrogen-bond donors (Lipinski definition) is 2. The zero-order valence-corrected chi connectivity index (χ0v) is 19.6. The number of carbonyl (C=O) groups is 4. The second kappa shape index (κ2) is 9.84. The first-order chi connectivity index (χ1) is 16.5. The number of nitrogens with zero attached hydrogens (tertiary/aromatic N) is 3. The molecular formula is C25H33N5O4. The van der Waals surface area contributed by atoms with Crippen molar-refractivity contribution >= 4 is 29.3 Å². The summed E-state index contributed by atoms with van der Waals surface area (Å²) in [5, 5.41) is 5.66. The fraction of sp³-hybridized carbons (Fsp3) is 0.600. The van der Waals surface area contributed by atoms with Crippen LogP contribution in [0.5, 0.6) is 0 Å². The minimum absolute atomic E-state index is 0.122. The fourth-order valence-corrected chi connectivity index (χ4v) is 5.66. The molecule has 1 atom stereocenters. The van der Waals surface area contributed by atoms with Gasteiger partial charge < -0.3 is 10.2 Å². The van der Waals surface area contributed by atoms with Gasteiger partial charge in [-0.2, -0.15) is 0 Å². The highest BCUT2D eigenvalue weighted by molar-refractivity contribution is 6.23. The van der Waals surface area contributed by atoms with E-state index in [1.165, 1.54) is 25.7 Å². The first-order valence-corrected chi connectivity index (χ1v) is 12.5. The summed E-state index contributed by atoms with van der Waals surface area (Å²) in [4.78, 5) is 55.5. The minimum atomic E-state index is -0.929. The number of piperidine rings is 2. The largest absolute Gasteiger partial charge is 0.369 e. The maximum atomic E-state index is 13.1. The maximum absolute atomic E-state index is 13.1. The molecule has 1 aromatic carbocycles. The molecule has 0 saturated carbocycles. The fourth-order valence-electron chi connectivity index (χ4n) is 5.66. The molecule has 3 fully saturated rings. The quantitative estimate of drug-likeness (QED) is 0.602. The van der Waals surface area contributed by atoms with Crippen molar-refractivity contribution in [2.24, 2.45) is 5.92 Å². The van der Waals surface area contributed by atoms with Crippen molar-refractivity contribution in [3.05, 3.63) is 29.3 Å². The van der Waals surface area contributed by atoms with Gasteiger partial charge in [0, 0.05) is 38.3 Å². The van der Waals surface area contributed by atoms with Crippen LogP contribution in [0.15, 0.2) is 18.2 Å². The van der Waals surface area contributed by atoms with Gasteiger partial charge in [0.2, 0.25) is 11.8 Å². The number of amides is 4. The van der Waals surface area contributed by atoms with E-state index in [0.29, 0.717) is 11.1 Å². The standard InChI is InChI=1S/C25H33N5O4/c31-22-6-5-21(23(32)27-22)30-24(33)19-4-3-18(16-20(19)25(30)34)29-14-12-28(13-15-29)11-1-2-17-7-9-26-10-8-17/h3-4,16-17,21,26H,1-2,5-15H2,(H,27,31,32). The Morgan fingerprint density at radius 3 is 2.35 bits per heavy atom. The van der Waals surface area contributed by atoms with Crippen molar-refractivity contribution in [3.8, 4) is 0 Å². The van der Waals surface area contributed by atoms with Gasteiger partial charge in [0.25, 0.3) is 11.8 Å². The molecule has 3 saturated heterocycles. The predicted molar refractivity (Wildman–Crippen MR) is 127 cm³/mol. The average molecular weight is 468 g/mol. The normalized spacial score (nSPS) is 24.5. The van der Waals surface area contributed by atoms with Gasteiger partial charge in [-0.05, 0) is 75.9 Å². The molecule has 2 N–H and O–H groups in total. The number of rotatable bonds is 6. The maximum Gasteiger partial charge on any atom is 0.262 e. The van der Waals surface area contributed by atoms with Crippen LogP contribution >= 0.6 is 0 Å². The molecule has 1 aromatic rings. The second-order valence-corrected chi connectivity index (χ2v) is 9.84. The first-order valence-electron chi connectivity index (χ1n) is 12.5. The smallest absolute Gasteiger partial charge is 0.262 e. The molecular weight excluding hydrogens is 434 g/mol. The van der Waals surface area contributed by atoms with Crippen molar-refractivity contribution in [3.63, 3.8) is 0 Å². The minimum Gasteiger partial charge on any atom is -0.369 e. The number of imide groups is 2. The zero-order valence-electron chi connectivity index (χ0n) is 19.6. The van der Waals surface area contributed by atoms with E-state index in [0.717, 1.165) is 62.3 Å². The third-order valence-electron chi connectivity index (χ3n) is 7.71. The lowest BCUT2D eigenvalue weighted by atomic mass is 9.93. The van der Waals surface area contributed by atoms with Crippen molar-refractivity contribution in [1.29, 1.82) is 0 Å². The summed E-state index contributed by atoms with van der Waals surface area (Å²) in [6.07, 6.45) is 5.45. The summed E-state index contributed by atoms with van der Waals surface area (Å²) in [6, 6.07) is 4.45. The van der Waals surface area contributed by atoms with E-state index in [2.05, 4.69) is 20.4 Å². The molecule has 0 spiro atoms. The molecule has 0 aromatic heterocycles. The van der Waals surface area contributed by atoms with Crippen molar-refractivity contribution < 1.29 is 19.2 Å². The summed E-state index contributed by atoms with van der Waals surface area (Å²) in [7, 11) is 0. The SMILES string of the molecule is O=C1CCC(N2C(=O)c3ccc(N4CCN(CCCC5CCNCC5)CC4)cc3C2=O)C(=O)N1. The van der Waals surface area contributed by atoms with Crippen LogP contribution in [0.3, 0.4) is 0 Å². The van der Waals surface area contributed by atoms with Crippen LogP contribution in [0.4, 0.5) is 5.69 Å². The van der Waals surface area contributed by atoms with E-state index in [9.17, 15) is 19.2 Å². The van der Waals surface area contributed by atoms with Crippen LogP contribution in [0, 0.1) is 5.92 Å². The molecule has 4 heterocycles. The molecule has 4 aliphatic rings. The number of benzene rings is 1. The number of carbonyl (C=O) groups excluding carboxylic acids is 4. The van der Waals surface area contributed by atoms with Gasteiger partial charge in [-0.1, -0.05) is 0 Å². The molecule has 0 bridgehead atoms. The van der Waals surface area contributed by atoms with Crippen LogP contribution in [0.1, 0.15) is 59.2 Å². The summed E-state index contributed by atoms with van der Waals surface area (Å²) in [5.74, 6) is -0.991. The molecule has 9 nitrogen and oxygen atoms in total. The highest BCUT2D eigenvalue weighted by Crippen LogP contribution is 2.31. The topological polar surface area (TPSA) is 102 Å². The Kier molecular flexibility index (Phi) is 6.65. The van der Waals surface area contributed by atoms with Crippen LogP contribution in [-0.2, 0) is 9.59 Å². The molecule has 0 aliphatic carbocycles. The Balaban J connectivity index is 1.17. The van der Waals surface area contributed by atoms with Crippen molar-refractivity contribution in [2.45, 2.75) is 44.6 Å². The van der Waals surface area contributed by atoms with Gasteiger partial charge in [-0.15, -0.1) is 0 Å². The zero-order chi connectivity index (χ0) is 23.7. The van der Waals surface area contributed by atoms with Gasteiger partial charge in [0.15, 0.2) is 0 Å². The van der Waals surface area contributed by atoms with Crippen LogP contribution in [0.2, 0.25) is 0 Å². The lowest BCUT2D eigenvalue weighted by molar-refractivity contribution is -0.136. The van der Waals surface area contributed by atoms with Crippen LogP contribution in [-0.4, -0.2) is 85.3 Å². The summed E-state index contributed by atoms with van der Waals surface area (Å²) in [5.41, 5.74) is 1.60. The van der Waals surface area contributed by atoms with Gasteiger partial charge in [-0.25, -0.2) is 0 Å². The summed E-state index contributed by atoms with van der Waals surface area (Å²) < 4.78 is 0. The van der Waals surface area contributed by atoms with E-state index < -0.39 is 23.8 Å². The molecule has 182 valence electrons. The molecule has 5 rings (SSSR count). The lowest BCUT2D eigenvalue weighted by Gasteiger charge is -2.36. The Morgan fingerprint density at radius 2 is 1.62 bits per heavy atom. The molecule has 9 heteroatoms. The van der Waals surface area contributed by atoms with Crippen molar-refractivity contribution in [2.75, 3.05) is 50.7 Å². The second-order valence-electron chi connectivity index (χ2n) is 9.84. The summed E-state index contributed by atoms with van der Waals surface area (Å²) in [6.45, 7) is 7.18. The van der Waals surface area contributed by atoms with E-state index in [1.54, 1.807) is 12.1 Å². The molecule has 0 radical (unpaired) electrons. The van der Waals surface area contributed by atoms with Gasteiger partial charge >= 0.3 is 0 Å². The third kappa shape index (κ3) is 4.59. The first kappa shape index (κ1) is 23.0. The van der Waals surface area contributed by atoms with E-state index in [-0.39, 0.29) is 18.7 Å². The van der Waals surface area contributed by atoms with Crippen LogP contribution in [0.25, 0.3) is 0 Å². The highest BCUT2D eigenvalue weighted by Gasteiger charge is 2.44. The van der Waals surface area contributed by atoms with Gasteiger partial charge in [-0.3, -0.25) is 34.3 Å². The molecule has 34 heavy (non-hydrogen) atoms. The van der Waals surface area contributed by atoms with Crippen LogP contribution < -0.4 is 15.5 Å². The van der Waals surface area contributed by atoms with E-state index in [4.69, 9.17) is 0 Å². The van der Waals surface area contributed by atoms with E-state index >= 15 is 0 Å². The van der Waals surface area contributed by atoms with Crippen molar-refractivity contribution in [1.82, 2.24) is 20.4 Å². The third-order valence-corrected chi connectivity index (χ3v) is 7.71. The lowest BCUT2D eigenvalue weighted by Crippen LogP contribution is -2.54.